The molecule has 0 nitrogen and oxygen atoms in total. The van der Waals surface area contributed by atoms with Crippen molar-refractivity contribution in [2.45, 2.75) is 69.2 Å². The van der Waals surface area contributed by atoms with E-state index < -0.39 is 15.8 Å². The molecular formula is C54H52P2. The second-order valence-corrected chi connectivity index (χ2v) is 20.6. The van der Waals surface area contributed by atoms with E-state index in [1.165, 1.54) is 120 Å². The van der Waals surface area contributed by atoms with Crippen LogP contribution in [0.4, 0.5) is 0 Å². The predicted molar refractivity (Wildman–Crippen MR) is 252 cm³/mol. The van der Waals surface area contributed by atoms with Crippen LogP contribution in [0.2, 0.25) is 0 Å². The molecule has 0 fully saturated rings. The van der Waals surface area contributed by atoms with Gasteiger partial charge in [-0.05, 0) is 161 Å². The summed E-state index contributed by atoms with van der Waals surface area (Å²) in [5.41, 5.74) is 16.0. The van der Waals surface area contributed by atoms with Crippen LogP contribution in [0.3, 0.4) is 0 Å². The molecule has 0 amide bonds. The zero-order valence-electron chi connectivity index (χ0n) is 34.6. The molecule has 8 aromatic carbocycles. The SMILES string of the molecule is Cc1cc(C)cc(P(c2cc(C)cc(C)c2)c2c(C)cc3ccccc3c2-c2c(P(c3cc(C)cc(C)c3)c3cc(C)cc(C)c3)c(C)cc3ccccc23)c1. The lowest BCUT2D eigenvalue weighted by atomic mass is 9.91. The minimum atomic E-state index is -0.968. The van der Waals surface area contributed by atoms with E-state index in [2.05, 4.69) is 203 Å². The third-order valence-corrected chi connectivity index (χ3v) is 16.1. The summed E-state index contributed by atoms with van der Waals surface area (Å²) in [5, 5.41) is 13.8. The molecule has 8 rings (SSSR count). The minimum absolute atomic E-state index is 0.968. The van der Waals surface area contributed by atoms with E-state index in [-0.39, 0.29) is 0 Å². The Labute approximate surface area is 337 Å². The summed E-state index contributed by atoms with van der Waals surface area (Å²) >= 11 is 0. The van der Waals surface area contributed by atoms with Crippen LogP contribution in [0.1, 0.15) is 55.6 Å². The Balaban J connectivity index is 1.61. The second kappa shape index (κ2) is 15.2. The topological polar surface area (TPSA) is 0 Å². The van der Waals surface area contributed by atoms with Gasteiger partial charge in [0.25, 0.3) is 0 Å². The maximum Gasteiger partial charge on any atom is -0.000606 e. The van der Waals surface area contributed by atoms with Crippen LogP contribution in [0.25, 0.3) is 32.7 Å². The monoisotopic (exact) mass is 762 g/mol. The van der Waals surface area contributed by atoms with Gasteiger partial charge in [-0.1, -0.05) is 178 Å². The molecule has 0 unspecified atom stereocenters. The van der Waals surface area contributed by atoms with Crippen LogP contribution in [0.5, 0.6) is 0 Å². The average Bonchev–Trinajstić information content (AvgIpc) is 3.11. The predicted octanol–water partition coefficient (Wildman–Crippen LogP) is 12.3. The van der Waals surface area contributed by atoms with Crippen LogP contribution < -0.4 is 31.8 Å². The molecule has 0 atom stereocenters. The maximum absolute atomic E-state index is 2.46. The summed E-state index contributed by atoms with van der Waals surface area (Å²) in [6, 6.07) is 52.2. The Morgan fingerprint density at radius 1 is 0.286 bits per heavy atom. The fraction of sp³-hybridized carbons (Fsp3) is 0.185. The molecule has 0 aromatic heterocycles. The third kappa shape index (κ3) is 7.27. The first-order valence-corrected chi connectivity index (χ1v) is 22.5. The number of benzene rings is 8. The molecule has 8 aromatic rings. The van der Waals surface area contributed by atoms with E-state index >= 15 is 0 Å². The van der Waals surface area contributed by atoms with Crippen LogP contribution in [-0.2, 0) is 0 Å². The quantitative estimate of drug-likeness (QED) is 0.142. The van der Waals surface area contributed by atoms with Crippen LogP contribution in [-0.4, -0.2) is 0 Å². The fourth-order valence-corrected chi connectivity index (χ4v) is 15.2. The van der Waals surface area contributed by atoms with Gasteiger partial charge in [-0.3, -0.25) is 0 Å². The Hall–Kier alpha value is -4.86. The summed E-state index contributed by atoms with van der Waals surface area (Å²) < 4.78 is 0. The highest BCUT2D eigenvalue weighted by molar-refractivity contribution is 7.81. The van der Waals surface area contributed by atoms with Gasteiger partial charge in [-0.2, -0.15) is 0 Å². The van der Waals surface area contributed by atoms with Crippen molar-refractivity contribution >= 4 is 69.2 Å². The fourth-order valence-electron chi connectivity index (χ4n) is 9.17. The number of hydrogen-bond donors (Lipinski definition) is 0. The van der Waals surface area contributed by atoms with E-state index in [1.54, 1.807) is 0 Å². The first kappa shape index (κ1) is 38.0. The molecule has 0 aliphatic carbocycles. The smallest absolute Gasteiger partial charge is 0.000606 e. The molecule has 0 aliphatic rings. The number of rotatable bonds is 7. The van der Waals surface area contributed by atoms with Gasteiger partial charge in [0.1, 0.15) is 0 Å². The van der Waals surface area contributed by atoms with Gasteiger partial charge in [0.05, 0.1) is 0 Å². The second-order valence-electron chi connectivity index (χ2n) is 16.3. The Morgan fingerprint density at radius 3 is 0.804 bits per heavy atom. The van der Waals surface area contributed by atoms with E-state index in [0.29, 0.717) is 0 Å². The van der Waals surface area contributed by atoms with Crippen molar-refractivity contribution in [2.24, 2.45) is 0 Å². The van der Waals surface area contributed by atoms with Crippen molar-refractivity contribution in [1.82, 2.24) is 0 Å². The largest absolute Gasteiger partial charge is 0.0616 e. The molecule has 2 heteroatoms. The van der Waals surface area contributed by atoms with Crippen LogP contribution in [0.15, 0.2) is 133 Å². The van der Waals surface area contributed by atoms with E-state index in [4.69, 9.17) is 0 Å². The molecule has 0 N–H and O–H groups in total. The molecule has 0 bridgehead atoms. The summed E-state index contributed by atoms with van der Waals surface area (Å²) in [6.45, 7) is 22.8. The molecule has 56 heavy (non-hydrogen) atoms. The first-order chi connectivity index (χ1) is 26.8. The Morgan fingerprint density at radius 2 is 0.536 bits per heavy atom. The molecule has 0 saturated carbocycles. The highest BCUT2D eigenvalue weighted by Crippen LogP contribution is 2.48. The van der Waals surface area contributed by atoms with Crippen LogP contribution in [0, 0.1) is 69.2 Å². The zero-order valence-corrected chi connectivity index (χ0v) is 36.4. The minimum Gasteiger partial charge on any atom is -0.0616 e. The molecule has 0 saturated heterocycles. The van der Waals surface area contributed by atoms with Gasteiger partial charge in [0, 0.05) is 0 Å². The van der Waals surface area contributed by atoms with Gasteiger partial charge in [0.2, 0.25) is 0 Å². The average molecular weight is 763 g/mol. The van der Waals surface area contributed by atoms with Gasteiger partial charge in [0.15, 0.2) is 0 Å². The van der Waals surface area contributed by atoms with Crippen molar-refractivity contribution in [3.8, 4) is 11.1 Å². The Bertz CT molecular complexity index is 2440. The molecule has 0 radical (unpaired) electrons. The molecule has 0 heterocycles. The van der Waals surface area contributed by atoms with Crippen molar-refractivity contribution in [3.05, 3.63) is 189 Å². The van der Waals surface area contributed by atoms with Crippen molar-refractivity contribution in [1.29, 1.82) is 0 Å². The summed E-state index contributed by atoms with van der Waals surface area (Å²) in [4.78, 5) is 0. The van der Waals surface area contributed by atoms with Crippen LogP contribution >= 0.6 is 15.8 Å². The van der Waals surface area contributed by atoms with Crippen molar-refractivity contribution in [2.75, 3.05) is 0 Å². The summed E-state index contributed by atoms with van der Waals surface area (Å²) in [5.74, 6) is 0. The number of fused-ring (bicyclic) bond motifs is 2. The highest BCUT2D eigenvalue weighted by Gasteiger charge is 2.31. The summed E-state index contributed by atoms with van der Waals surface area (Å²) in [7, 11) is -1.94. The van der Waals surface area contributed by atoms with Gasteiger partial charge in [-0.15, -0.1) is 0 Å². The first-order valence-electron chi connectivity index (χ1n) is 19.8. The lowest BCUT2D eigenvalue weighted by Gasteiger charge is -2.31. The molecule has 278 valence electrons. The van der Waals surface area contributed by atoms with Gasteiger partial charge >= 0.3 is 0 Å². The third-order valence-electron chi connectivity index (χ3n) is 11.0. The number of aryl methyl sites for hydroxylation is 10. The van der Waals surface area contributed by atoms with Crippen molar-refractivity contribution < 1.29 is 0 Å². The van der Waals surface area contributed by atoms with E-state index in [1.807, 2.05) is 0 Å². The normalized spacial score (nSPS) is 11.7. The van der Waals surface area contributed by atoms with Gasteiger partial charge in [-0.25, -0.2) is 0 Å². The molecular weight excluding hydrogens is 711 g/mol. The van der Waals surface area contributed by atoms with E-state index in [0.717, 1.165) is 0 Å². The van der Waals surface area contributed by atoms with Gasteiger partial charge < -0.3 is 0 Å². The highest BCUT2D eigenvalue weighted by atomic mass is 31.1. The van der Waals surface area contributed by atoms with E-state index in [9.17, 15) is 0 Å². The lowest BCUT2D eigenvalue weighted by molar-refractivity contribution is 1.40. The Kier molecular flexibility index (Phi) is 10.3. The maximum atomic E-state index is 2.46. The summed E-state index contributed by atoms with van der Waals surface area (Å²) in [6.07, 6.45) is 0. The molecule has 0 aliphatic heterocycles. The zero-order chi connectivity index (χ0) is 39.4. The standard InChI is InChI=1S/C54H52P2/c1-33-19-34(2)24-45(23-33)55(46-25-35(3)20-36(4)26-46)53-41(9)31-43-15-11-13-17-49(43)51(53)52-50-18-14-12-16-44(50)32-42(10)54(52)56(47-27-37(5)21-38(6)28-47)48-29-39(7)22-40(8)30-48/h11-32H,1-10H3. The number of hydrogen-bond acceptors (Lipinski definition) is 0. The molecule has 0 spiro atoms. The lowest BCUT2D eigenvalue weighted by Crippen LogP contribution is -2.29. The van der Waals surface area contributed by atoms with Crippen molar-refractivity contribution in [3.63, 3.8) is 0 Å².